The van der Waals surface area contributed by atoms with E-state index < -0.39 is 11.9 Å². The largest absolute Gasteiger partial charge is 0.493 e. The Morgan fingerprint density at radius 2 is 1.68 bits per heavy atom. The predicted octanol–water partition coefficient (Wildman–Crippen LogP) is 3.70. The lowest BCUT2D eigenvalue weighted by atomic mass is 10.2. The smallest absolute Gasteiger partial charge is 0.343 e. The monoisotopic (exact) mass is 379 g/mol. The fourth-order valence-corrected chi connectivity index (χ4v) is 2.70. The van der Waals surface area contributed by atoms with E-state index >= 15 is 0 Å². The highest BCUT2D eigenvalue weighted by Crippen LogP contribution is 2.24. The molecule has 0 bridgehead atoms. The molecule has 7 nitrogen and oxygen atoms in total. The molecule has 0 unspecified atom stereocenters. The molecule has 1 aromatic heterocycles. The van der Waals surface area contributed by atoms with Gasteiger partial charge in [0, 0.05) is 0 Å². The number of hydrogen-bond donors (Lipinski definition) is 1. The lowest BCUT2D eigenvalue weighted by molar-refractivity contribution is 0.0527. The zero-order valence-corrected chi connectivity index (χ0v) is 15.7. The van der Waals surface area contributed by atoms with Crippen LogP contribution in [-0.2, 0) is 4.74 Å². The van der Waals surface area contributed by atoms with Crippen molar-refractivity contribution in [3.63, 3.8) is 0 Å². The molecular weight excluding hydrogens is 358 g/mol. The second kappa shape index (κ2) is 8.85. The quantitative estimate of drug-likeness (QED) is 0.633. The number of nitrogens with zero attached hydrogens (tertiary/aromatic N) is 2. The number of aromatic nitrogens is 2. The Kier molecular flexibility index (Phi) is 6.06. The maximum atomic E-state index is 12.9. The van der Waals surface area contributed by atoms with E-state index in [1.807, 2.05) is 37.3 Å². The minimum absolute atomic E-state index is 0.174. The van der Waals surface area contributed by atoms with Crippen LogP contribution in [0.1, 0.15) is 34.6 Å². The number of nitrogens with one attached hydrogen (secondary N) is 1. The molecule has 3 rings (SSSR count). The number of para-hydroxylation sites is 2. The first-order valence-electron chi connectivity index (χ1n) is 8.99. The maximum absolute atomic E-state index is 12.9. The van der Waals surface area contributed by atoms with E-state index in [4.69, 9.17) is 9.47 Å². The number of carbonyl (C=O) groups excluding carboxylic acids is 2. The molecule has 0 spiro atoms. The van der Waals surface area contributed by atoms with Gasteiger partial charge >= 0.3 is 5.97 Å². The molecule has 0 aliphatic carbocycles. The third-order valence-corrected chi connectivity index (χ3v) is 3.93. The molecule has 0 radical (unpaired) electrons. The Morgan fingerprint density at radius 1 is 0.964 bits per heavy atom. The Labute approximate surface area is 162 Å². The van der Waals surface area contributed by atoms with Gasteiger partial charge in [0.15, 0.2) is 5.82 Å². The Morgan fingerprint density at radius 3 is 2.39 bits per heavy atom. The molecule has 0 fully saturated rings. The molecule has 7 heteroatoms. The third-order valence-electron chi connectivity index (χ3n) is 3.93. The van der Waals surface area contributed by atoms with Crippen molar-refractivity contribution in [2.75, 3.05) is 18.5 Å². The van der Waals surface area contributed by atoms with Gasteiger partial charge in [-0.25, -0.2) is 9.48 Å². The fourth-order valence-electron chi connectivity index (χ4n) is 2.70. The van der Waals surface area contributed by atoms with Gasteiger partial charge in [0.25, 0.3) is 5.91 Å². The zero-order valence-electron chi connectivity index (χ0n) is 15.7. The van der Waals surface area contributed by atoms with E-state index in [0.29, 0.717) is 23.6 Å². The summed E-state index contributed by atoms with van der Waals surface area (Å²) in [4.78, 5) is 25.3. The molecule has 2 aromatic carbocycles. The number of carbonyl (C=O) groups is 2. The molecular formula is C21H21N3O4. The second-order valence-electron chi connectivity index (χ2n) is 5.76. The summed E-state index contributed by atoms with van der Waals surface area (Å²) in [6.45, 7) is 4.21. The van der Waals surface area contributed by atoms with Crippen molar-refractivity contribution < 1.29 is 19.1 Å². The van der Waals surface area contributed by atoms with Gasteiger partial charge in [-0.05, 0) is 38.1 Å². The highest BCUT2D eigenvalue weighted by molar-refractivity contribution is 6.08. The van der Waals surface area contributed by atoms with Crippen molar-refractivity contribution >= 4 is 17.7 Å². The van der Waals surface area contributed by atoms with Crippen LogP contribution in [0.5, 0.6) is 5.75 Å². The van der Waals surface area contributed by atoms with Crippen LogP contribution < -0.4 is 10.1 Å². The SMILES string of the molecule is CCOC(=O)c1cnn(-c2ccccc2)c1NC(=O)c1ccccc1OCC. The Bertz CT molecular complexity index is 967. The van der Waals surface area contributed by atoms with Crippen molar-refractivity contribution in [2.24, 2.45) is 0 Å². The van der Waals surface area contributed by atoms with Crippen LogP contribution in [0.4, 0.5) is 5.82 Å². The van der Waals surface area contributed by atoms with Crippen LogP contribution in [0.15, 0.2) is 60.8 Å². The number of esters is 1. The number of amides is 1. The molecule has 28 heavy (non-hydrogen) atoms. The van der Waals surface area contributed by atoms with Crippen molar-refractivity contribution in [1.29, 1.82) is 0 Å². The first-order chi connectivity index (χ1) is 13.7. The van der Waals surface area contributed by atoms with Crippen molar-refractivity contribution in [3.05, 3.63) is 71.9 Å². The lowest BCUT2D eigenvalue weighted by Gasteiger charge is -2.13. The Balaban J connectivity index is 2.01. The minimum Gasteiger partial charge on any atom is -0.493 e. The van der Waals surface area contributed by atoms with Crippen molar-refractivity contribution in [3.8, 4) is 11.4 Å². The molecule has 1 heterocycles. The maximum Gasteiger partial charge on any atom is 0.343 e. The normalized spacial score (nSPS) is 10.4. The first-order valence-corrected chi connectivity index (χ1v) is 8.99. The molecule has 1 N–H and O–H groups in total. The van der Waals surface area contributed by atoms with E-state index in [1.165, 1.54) is 10.9 Å². The fraction of sp³-hybridized carbons (Fsp3) is 0.190. The molecule has 0 saturated heterocycles. The van der Waals surface area contributed by atoms with Crippen molar-refractivity contribution in [1.82, 2.24) is 9.78 Å². The van der Waals surface area contributed by atoms with Gasteiger partial charge < -0.3 is 14.8 Å². The Hall–Kier alpha value is -3.61. The van der Waals surface area contributed by atoms with Crippen LogP contribution in [0.3, 0.4) is 0 Å². The molecule has 0 saturated carbocycles. The third kappa shape index (κ3) is 4.03. The number of benzene rings is 2. The van der Waals surface area contributed by atoms with Crippen LogP contribution in [-0.4, -0.2) is 34.9 Å². The highest BCUT2D eigenvalue weighted by atomic mass is 16.5. The average Bonchev–Trinajstić information content (AvgIpc) is 3.13. The molecule has 0 atom stereocenters. The average molecular weight is 379 g/mol. The summed E-state index contributed by atoms with van der Waals surface area (Å²) >= 11 is 0. The summed E-state index contributed by atoms with van der Waals surface area (Å²) < 4.78 is 12.1. The van der Waals surface area contributed by atoms with Gasteiger partial charge in [-0.1, -0.05) is 30.3 Å². The van der Waals surface area contributed by atoms with Gasteiger partial charge in [-0.3, -0.25) is 4.79 Å². The van der Waals surface area contributed by atoms with Crippen LogP contribution in [0, 0.1) is 0 Å². The number of anilines is 1. The first kappa shape index (κ1) is 19.2. The van der Waals surface area contributed by atoms with E-state index in [-0.39, 0.29) is 18.0 Å². The molecule has 0 aliphatic heterocycles. The molecule has 144 valence electrons. The number of ether oxygens (including phenoxy) is 2. The van der Waals surface area contributed by atoms with Crippen LogP contribution in [0.25, 0.3) is 5.69 Å². The molecule has 3 aromatic rings. The predicted molar refractivity (Wildman–Crippen MR) is 105 cm³/mol. The van der Waals surface area contributed by atoms with Crippen LogP contribution >= 0.6 is 0 Å². The topological polar surface area (TPSA) is 82.5 Å². The van der Waals surface area contributed by atoms with Gasteiger partial charge in [-0.15, -0.1) is 0 Å². The number of rotatable bonds is 7. The summed E-state index contributed by atoms with van der Waals surface area (Å²) in [6, 6.07) is 16.1. The number of hydrogen-bond acceptors (Lipinski definition) is 5. The van der Waals surface area contributed by atoms with Crippen LogP contribution in [0.2, 0.25) is 0 Å². The van der Waals surface area contributed by atoms with Gasteiger partial charge in [0.2, 0.25) is 0 Å². The van der Waals surface area contributed by atoms with E-state index in [2.05, 4.69) is 10.4 Å². The van der Waals surface area contributed by atoms with Gasteiger partial charge in [0.1, 0.15) is 11.3 Å². The summed E-state index contributed by atoms with van der Waals surface area (Å²) in [7, 11) is 0. The van der Waals surface area contributed by atoms with E-state index in [9.17, 15) is 9.59 Å². The standard InChI is InChI=1S/C21H21N3O4/c1-3-27-18-13-9-8-12-16(18)20(25)23-19-17(21(26)28-4-2)14-22-24(19)15-10-6-5-7-11-15/h5-14H,3-4H2,1-2H3,(H,23,25). The summed E-state index contributed by atoms with van der Waals surface area (Å²) in [5.41, 5.74) is 1.24. The summed E-state index contributed by atoms with van der Waals surface area (Å²) in [6.07, 6.45) is 1.38. The van der Waals surface area contributed by atoms with E-state index in [0.717, 1.165) is 0 Å². The van der Waals surface area contributed by atoms with Gasteiger partial charge in [0.05, 0.1) is 30.7 Å². The van der Waals surface area contributed by atoms with Gasteiger partial charge in [-0.2, -0.15) is 5.10 Å². The zero-order chi connectivity index (χ0) is 19.9. The summed E-state index contributed by atoms with van der Waals surface area (Å²) in [5, 5.41) is 7.06. The highest BCUT2D eigenvalue weighted by Gasteiger charge is 2.23. The molecule has 0 aliphatic rings. The second-order valence-corrected chi connectivity index (χ2v) is 5.76. The van der Waals surface area contributed by atoms with E-state index in [1.54, 1.807) is 31.2 Å². The van der Waals surface area contributed by atoms with Crippen molar-refractivity contribution in [2.45, 2.75) is 13.8 Å². The lowest BCUT2D eigenvalue weighted by Crippen LogP contribution is -2.19. The molecule has 1 amide bonds. The summed E-state index contributed by atoms with van der Waals surface area (Å²) in [5.74, 6) is -0.266. The minimum atomic E-state index is -0.557.